The lowest BCUT2D eigenvalue weighted by Gasteiger charge is -2.16. The number of para-hydroxylation sites is 1. The van der Waals surface area contributed by atoms with Gasteiger partial charge in [-0.15, -0.1) is 11.3 Å². The zero-order valence-corrected chi connectivity index (χ0v) is 15.7. The van der Waals surface area contributed by atoms with E-state index in [-0.39, 0.29) is 0 Å². The third kappa shape index (κ3) is 4.80. The van der Waals surface area contributed by atoms with Crippen LogP contribution >= 0.6 is 11.3 Å². The minimum atomic E-state index is -1.26. The molecular weight excluding hydrogens is 378 g/mol. The van der Waals surface area contributed by atoms with E-state index in [1.807, 2.05) is 24.3 Å². The van der Waals surface area contributed by atoms with Crippen molar-refractivity contribution in [1.29, 1.82) is 0 Å². The van der Waals surface area contributed by atoms with E-state index in [1.165, 1.54) is 30.5 Å². The Morgan fingerprint density at radius 1 is 1.07 bits per heavy atom. The smallest absolute Gasteiger partial charge is 0.331 e. The average Bonchev–Trinajstić information content (AvgIpc) is 3.14. The van der Waals surface area contributed by atoms with Crippen LogP contribution in [-0.2, 0) is 14.3 Å². The second-order valence-electron chi connectivity index (χ2n) is 5.65. The minimum absolute atomic E-state index is 0.450. The van der Waals surface area contributed by atoms with Gasteiger partial charge in [-0.25, -0.2) is 14.6 Å². The fraction of sp³-hybridized carbons (Fsp3) is 0.100. The molecule has 7 nitrogen and oxygen atoms in total. The van der Waals surface area contributed by atoms with Gasteiger partial charge in [-0.05, 0) is 18.2 Å². The summed E-state index contributed by atoms with van der Waals surface area (Å²) >= 11 is 1.43. The molecule has 2 aromatic carbocycles. The molecule has 0 saturated carbocycles. The zero-order valence-electron chi connectivity index (χ0n) is 14.9. The van der Waals surface area contributed by atoms with Crippen LogP contribution in [0.25, 0.3) is 16.3 Å². The van der Waals surface area contributed by atoms with Gasteiger partial charge in [0.15, 0.2) is 0 Å². The third-order valence-corrected chi connectivity index (χ3v) is 4.71. The van der Waals surface area contributed by atoms with E-state index in [2.05, 4.69) is 15.6 Å². The monoisotopic (exact) mass is 395 g/mol. The fourth-order valence-corrected chi connectivity index (χ4v) is 3.27. The molecule has 0 saturated heterocycles. The average molecular weight is 395 g/mol. The second-order valence-corrected chi connectivity index (χ2v) is 6.71. The predicted octanol–water partition coefficient (Wildman–Crippen LogP) is 3.05. The number of carbonyl (C=O) groups excluding carboxylic acids is 3. The lowest BCUT2D eigenvalue weighted by Crippen LogP contribution is -2.41. The van der Waals surface area contributed by atoms with Crippen LogP contribution in [0, 0.1) is 0 Å². The Labute approximate surface area is 165 Å². The van der Waals surface area contributed by atoms with Crippen molar-refractivity contribution < 1.29 is 19.1 Å². The highest BCUT2D eigenvalue weighted by Gasteiger charge is 2.25. The number of imide groups is 1. The van der Waals surface area contributed by atoms with Crippen LogP contribution in [0.15, 0.2) is 60.7 Å². The SMILES string of the molecule is CNC(=O)NC(=O)[C@H](OC(=O)/C=C/c1nc2ccccc2s1)c1ccccc1. The summed E-state index contributed by atoms with van der Waals surface area (Å²) in [5.41, 5.74) is 1.29. The molecule has 8 heteroatoms. The van der Waals surface area contributed by atoms with Crippen LogP contribution in [-0.4, -0.2) is 29.9 Å². The van der Waals surface area contributed by atoms with Gasteiger partial charge < -0.3 is 10.1 Å². The van der Waals surface area contributed by atoms with Gasteiger partial charge in [0.1, 0.15) is 5.01 Å². The number of rotatable bonds is 5. The summed E-state index contributed by atoms with van der Waals surface area (Å²) in [5, 5.41) is 5.05. The van der Waals surface area contributed by atoms with Crippen molar-refractivity contribution in [2.24, 2.45) is 0 Å². The number of hydrogen-bond acceptors (Lipinski definition) is 6. The van der Waals surface area contributed by atoms with E-state index in [9.17, 15) is 14.4 Å². The number of carbonyl (C=O) groups is 3. The van der Waals surface area contributed by atoms with Crippen molar-refractivity contribution in [3.05, 3.63) is 71.2 Å². The van der Waals surface area contributed by atoms with E-state index < -0.39 is 24.0 Å². The molecule has 0 aliphatic carbocycles. The molecule has 1 atom stereocenters. The van der Waals surface area contributed by atoms with Gasteiger partial charge >= 0.3 is 12.0 Å². The van der Waals surface area contributed by atoms with E-state index in [4.69, 9.17) is 4.74 Å². The molecule has 2 N–H and O–H groups in total. The Bertz CT molecular complexity index is 997. The van der Waals surface area contributed by atoms with E-state index in [0.717, 1.165) is 10.2 Å². The van der Waals surface area contributed by atoms with Gasteiger partial charge in [-0.1, -0.05) is 42.5 Å². The molecule has 28 heavy (non-hydrogen) atoms. The Kier molecular flexibility index (Phi) is 6.13. The van der Waals surface area contributed by atoms with Gasteiger partial charge in [-0.2, -0.15) is 0 Å². The molecule has 3 amide bonds. The summed E-state index contributed by atoms with van der Waals surface area (Å²) in [7, 11) is 1.38. The number of esters is 1. The third-order valence-electron chi connectivity index (χ3n) is 3.71. The molecule has 0 aliphatic heterocycles. The van der Waals surface area contributed by atoms with Gasteiger partial charge in [0.05, 0.1) is 10.2 Å². The number of thiazole rings is 1. The molecule has 142 valence electrons. The van der Waals surface area contributed by atoms with Gasteiger partial charge in [-0.3, -0.25) is 10.1 Å². The molecule has 0 spiro atoms. The second kappa shape index (κ2) is 8.92. The van der Waals surface area contributed by atoms with Crippen molar-refractivity contribution in [3.8, 4) is 0 Å². The van der Waals surface area contributed by atoms with Gasteiger partial charge in [0.2, 0.25) is 6.10 Å². The summed E-state index contributed by atoms with van der Waals surface area (Å²) in [6, 6.07) is 15.4. The maximum absolute atomic E-state index is 12.4. The number of nitrogens with one attached hydrogen (secondary N) is 2. The van der Waals surface area contributed by atoms with Crippen LogP contribution in [0.2, 0.25) is 0 Å². The van der Waals surface area contributed by atoms with Crippen LogP contribution < -0.4 is 10.6 Å². The lowest BCUT2D eigenvalue weighted by atomic mass is 10.1. The number of aromatic nitrogens is 1. The van der Waals surface area contributed by atoms with Crippen molar-refractivity contribution in [1.82, 2.24) is 15.6 Å². The molecule has 1 heterocycles. The Morgan fingerprint density at radius 2 is 1.79 bits per heavy atom. The summed E-state index contributed by atoms with van der Waals surface area (Å²) in [6.45, 7) is 0. The molecule has 0 radical (unpaired) electrons. The molecule has 0 bridgehead atoms. The summed E-state index contributed by atoms with van der Waals surface area (Å²) in [4.78, 5) is 40.5. The van der Waals surface area contributed by atoms with Crippen molar-refractivity contribution >= 4 is 45.5 Å². The Balaban J connectivity index is 1.74. The van der Waals surface area contributed by atoms with Crippen LogP contribution in [0.5, 0.6) is 0 Å². The Hall–Kier alpha value is -3.52. The van der Waals surface area contributed by atoms with Gasteiger partial charge in [0, 0.05) is 18.7 Å². The Morgan fingerprint density at radius 3 is 2.50 bits per heavy atom. The van der Waals surface area contributed by atoms with Gasteiger partial charge in [0.25, 0.3) is 5.91 Å². The number of ether oxygens (including phenoxy) is 1. The molecule has 1 aromatic heterocycles. The minimum Gasteiger partial charge on any atom is -0.444 e. The first-order valence-electron chi connectivity index (χ1n) is 8.38. The summed E-state index contributed by atoms with van der Waals surface area (Å²) in [6.07, 6.45) is 1.48. The first-order chi connectivity index (χ1) is 13.6. The number of fused-ring (bicyclic) bond motifs is 1. The topological polar surface area (TPSA) is 97.4 Å². The predicted molar refractivity (Wildman–Crippen MR) is 107 cm³/mol. The number of benzene rings is 2. The van der Waals surface area contributed by atoms with E-state index in [0.29, 0.717) is 10.6 Å². The van der Waals surface area contributed by atoms with E-state index >= 15 is 0 Å². The number of nitrogens with zero attached hydrogens (tertiary/aromatic N) is 1. The highest BCUT2D eigenvalue weighted by Crippen LogP contribution is 2.23. The molecule has 0 unspecified atom stereocenters. The van der Waals surface area contributed by atoms with Crippen LogP contribution in [0.1, 0.15) is 16.7 Å². The molecule has 3 aromatic rings. The molecule has 0 fully saturated rings. The van der Waals surface area contributed by atoms with Crippen molar-refractivity contribution in [3.63, 3.8) is 0 Å². The molecule has 0 aliphatic rings. The standard InChI is InChI=1S/C20H17N3O4S/c1-21-20(26)23-19(25)18(13-7-3-2-4-8-13)27-17(24)12-11-16-22-14-9-5-6-10-15(14)28-16/h2-12,18H,1H3,(H2,21,23,25,26)/b12-11+/t18-/m1/s1. The summed E-state index contributed by atoms with van der Waals surface area (Å²) in [5.74, 6) is -1.47. The number of hydrogen-bond donors (Lipinski definition) is 2. The lowest BCUT2D eigenvalue weighted by molar-refractivity contribution is -0.151. The highest BCUT2D eigenvalue weighted by molar-refractivity contribution is 7.19. The van der Waals surface area contributed by atoms with E-state index in [1.54, 1.807) is 30.3 Å². The summed E-state index contributed by atoms with van der Waals surface area (Å²) < 4.78 is 6.30. The maximum atomic E-state index is 12.4. The zero-order chi connectivity index (χ0) is 19.9. The fourth-order valence-electron chi connectivity index (χ4n) is 2.40. The largest absolute Gasteiger partial charge is 0.444 e. The quantitative estimate of drug-likeness (QED) is 0.511. The number of amides is 3. The first-order valence-corrected chi connectivity index (χ1v) is 9.20. The van der Waals surface area contributed by atoms with Crippen molar-refractivity contribution in [2.75, 3.05) is 7.05 Å². The highest BCUT2D eigenvalue weighted by atomic mass is 32.1. The number of urea groups is 1. The van der Waals surface area contributed by atoms with Crippen LogP contribution in [0.3, 0.4) is 0 Å². The van der Waals surface area contributed by atoms with Crippen molar-refractivity contribution in [2.45, 2.75) is 6.10 Å². The first kappa shape index (κ1) is 19.2. The molecule has 3 rings (SSSR count). The molecular formula is C20H17N3O4S. The normalized spacial score (nSPS) is 11.9. The van der Waals surface area contributed by atoms with Crippen LogP contribution in [0.4, 0.5) is 4.79 Å². The maximum Gasteiger partial charge on any atom is 0.331 e.